The van der Waals surface area contributed by atoms with Gasteiger partial charge >= 0.3 is 5.97 Å². The van der Waals surface area contributed by atoms with Gasteiger partial charge in [0.1, 0.15) is 5.41 Å². The zero-order valence-corrected chi connectivity index (χ0v) is 17.3. The summed E-state index contributed by atoms with van der Waals surface area (Å²) in [6.45, 7) is 8.01. The number of hydrogen-bond donors (Lipinski definition) is 0. The number of hydrogen-bond acceptors (Lipinski definition) is 2. The molecule has 1 aromatic rings. The van der Waals surface area contributed by atoms with Gasteiger partial charge in [0, 0.05) is 13.3 Å². The highest BCUT2D eigenvalue weighted by Gasteiger charge is 2.63. The summed E-state index contributed by atoms with van der Waals surface area (Å²) in [5.74, 6) is -0.198. The minimum absolute atomic E-state index is 0.172. The van der Waals surface area contributed by atoms with E-state index in [1.807, 2.05) is 18.2 Å². The van der Waals surface area contributed by atoms with E-state index < -0.39 is 5.60 Å². The zero-order chi connectivity index (χ0) is 19.1. The van der Waals surface area contributed by atoms with E-state index in [0.717, 1.165) is 34.0 Å². The van der Waals surface area contributed by atoms with Crippen molar-refractivity contribution in [1.29, 1.82) is 0 Å². The van der Waals surface area contributed by atoms with Crippen LogP contribution in [0.4, 0.5) is 0 Å². The summed E-state index contributed by atoms with van der Waals surface area (Å²) < 4.78 is 8.00. The van der Waals surface area contributed by atoms with E-state index in [0.29, 0.717) is 6.04 Å². The Kier molecular flexibility index (Phi) is 5.10. The molecule has 1 aliphatic heterocycles. The van der Waals surface area contributed by atoms with E-state index in [2.05, 4.69) is 61.2 Å². The normalized spacial score (nSPS) is 32.2. The fourth-order valence-electron chi connectivity index (χ4n) is 4.96. The summed E-state index contributed by atoms with van der Waals surface area (Å²) in [4.78, 5) is 12.2. The van der Waals surface area contributed by atoms with Crippen LogP contribution in [-0.2, 0) is 15.1 Å². The molecule has 25 heavy (non-hydrogen) atoms. The van der Waals surface area contributed by atoms with E-state index in [-0.39, 0.29) is 11.4 Å². The van der Waals surface area contributed by atoms with Gasteiger partial charge in [-0.1, -0.05) is 30.3 Å². The number of likely N-dealkylation sites (tertiary alicyclic amines) is 1. The Labute approximate surface area is 153 Å². The molecule has 2 rings (SSSR count). The molecule has 1 aliphatic rings. The minimum Gasteiger partial charge on any atom is -0.453 e. The molecule has 0 aromatic heterocycles. The van der Waals surface area contributed by atoms with Crippen LogP contribution in [0.1, 0.15) is 32.8 Å². The molecule has 0 N–H and O–H groups in total. The van der Waals surface area contributed by atoms with Crippen LogP contribution in [-0.4, -0.2) is 69.3 Å². The van der Waals surface area contributed by atoms with E-state index in [1.54, 1.807) is 0 Å². The molecule has 1 aromatic carbocycles. The van der Waals surface area contributed by atoms with Crippen molar-refractivity contribution in [2.24, 2.45) is 5.41 Å². The van der Waals surface area contributed by atoms with Crippen molar-refractivity contribution in [3.63, 3.8) is 0 Å². The van der Waals surface area contributed by atoms with E-state index in [4.69, 9.17) is 4.74 Å². The summed E-state index contributed by atoms with van der Waals surface area (Å²) >= 11 is 0. The van der Waals surface area contributed by atoms with Crippen LogP contribution in [0.25, 0.3) is 0 Å². The molecule has 140 valence electrons. The summed E-state index contributed by atoms with van der Waals surface area (Å²) in [6, 6.07) is 10.8. The molecular weight excluding hydrogens is 312 g/mol. The minimum atomic E-state index is -0.598. The topological polar surface area (TPSA) is 26.3 Å². The number of ether oxygens (including phenoxy) is 1. The Morgan fingerprint density at radius 1 is 1.24 bits per heavy atom. The summed E-state index contributed by atoms with van der Waals surface area (Å²) in [5.41, 5.74) is 0.347. The van der Waals surface area contributed by atoms with Gasteiger partial charge in [-0.3, -0.25) is 4.79 Å². The molecule has 0 radical (unpaired) electrons. The van der Waals surface area contributed by atoms with E-state index >= 15 is 0 Å². The van der Waals surface area contributed by atoms with Crippen LogP contribution < -0.4 is 0 Å². The third kappa shape index (κ3) is 3.90. The second kappa shape index (κ2) is 6.40. The van der Waals surface area contributed by atoms with Crippen molar-refractivity contribution < 1.29 is 18.5 Å². The molecule has 4 nitrogen and oxygen atoms in total. The molecule has 0 spiro atoms. The summed E-state index contributed by atoms with van der Waals surface area (Å²) in [7, 11) is 11.2. The molecule has 0 bridgehead atoms. The van der Waals surface area contributed by atoms with Crippen LogP contribution >= 0.6 is 0 Å². The van der Waals surface area contributed by atoms with E-state index in [9.17, 15) is 4.79 Å². The summed E-state index contributed by atoms with van der Waals surface area (Å²) in [6.07, 6.45) is 0.833. The molecule has 1 saturated heterocycles. The van der Waals surface area contributed by atoms with Gasteiger partial charge in [0.2, 0.25) is 0 Å². The van der Waals surface area contributed by atoms with Crippen LogP contribution in [0.5, 0.6) is 0 Å². The average Bonchev–Trinajstić information content (AvgIpc) is 2.42. The van der Waals surface area contributed by atoms with Gasteiger partial charge in [0.15, 0.2) is 5.60 Å². The number of benzene rings is 1. The lowest BCUT2D eigenvalue weighted by Crippen LogP contribution is -2.70. The number of carbonyl (C=O) groups is 1. The van der Waals surface area contributed by atoms with Gasteiger partial charge in [0.25, 0.3) is 0 Å². The zero-order valence-electron chi connectivity index (χ0n) is 17.3. The number of piperidine rings is 1. The third-order valence-corrected chi connectivity index (χ3v) is 5.89. The molecule has 4 heteroatoms. The van der Waals surface area contributed by atoms with Gasteiger partial charge < -0.3 is 13.7 Å². The van der Waals surface area contributed by atoms with Crippen LogP contribution in [0.15, 0.2) is 30.3 Å². The molecule has 3 unspecified atom stereocenters. The van der Waals surface area contributed by atoms with Crippen molar-refractivity contribution >= 4 is 5.97 Å². The highest BCUT2D eigenvalue weighted by molar-refractivity contribution is 5.67. The van der Waals surface area contributed by atoms with Gasteiger partial charge in [-0.2, -0.15) is 0 Å². The fourth-order valence-corrected chi connectivity index (χ4v) is 4.96. The fraction of sp³-hybridized carbons (Fsp3) is 0.667. The maximum Gasteiger partial charge on any atom is 0.303 e. The molecule has 0 saturated carbocycles. The first-order valence-electron chi connectivity index (χ1n) is 9.20. The van der Waals surface area contributed by atoms with Crippen molar-refractivity contribution in [3.8, 4) is 0 Å². The Bertz CT molecular complexity index is 621. The Morgan fingerprint density at radius 2 is 1.80 bits per heavy atom. The maximum atomic E-state index is 12.2. The first kappa shape index (κ1) is 19.9. The molecule has 0 aliphatic carbocycles. The SMILES string of the molecule is CC(=O)OC1(c2ccccc2)CC(C)[N+](C)(C)CC1(C)C[N+](C)(C)C. The molecule has 3 atom stereocenters. The van der Waals surface area contributed by atoms with Crippen molar-refractivity contribution in [2.45, 2.75) is 38.8 Å². The molecule has 0 amide bonds. The number of rotatable bonds is 4. The lowest BCUT2D eigenvalue weighted by Gasteiger charge is -2.58. The Balaban J connectivity index is 2.68. The molecule has 1 heterocycles. The highest BCUT2D eigenvalue weighted by atomic mass is 16.6. The number of carbonyl (C=O) groups excluding carboxylic acids is 1. The molecular formula is C21H36N2O2+2. The van der Waals surface area contributed by atoms with Crippen LogP contribution in [0, 0.1) is 5.41 Å². The predicted octanol–water partition coefficient (Wildman–Crippen LogP) is 3.03. The average molecular weight is 349 g/mol. The van der Waals surface area contributed by atoms with Crippen molar-refractivity contribution in [2.75, 3.05) is 48.3 Å². The second-order valence-corrected chi connectivity index (χ2v) is 9.79. The van der Waals surface area contributed by atoms with Crippen LogP contribution in [0.3, 0.4) is 0 Å². The van der Waals surface area contributed by atoms with Gasteiger partial charge in [-0.25, -0.2) is 0 Å². The smallest absolute Gasteiger partial charge is 0.303 e. The van der Waals surface area contributed by atoms with Crippen LogP contribution in [0.2, 0.25) is 0 Å². The first-order chi connectivity index (χ1) is 11.3. The second-order valence-electron chi connectivity index (χ2n) is 9.79. The Hall–Kier alpha value is -1.39. The highest BCUT2D eigenvalue weighted by Crippen LogP contribution is 2.53. The lowest BCUT2D eigenvalue weighted by atomic mass is 9.62. The first-order valence-corrected chi connectivity index (χ1v) is 9.20. The third-order valence-electron chi connectivity index (χ3n) is 5.89. The monoisotopic (exact) mass is 348 g/mol. The summed E-state index contributed by atoms with van der Waals surface area (Å²) in [5, 5.41) is 0. The number of quaternary nitrogens is 2. The largest absolute Gasteiger partial charge is 0.453 e. The van der Waals surface area contributed by atoms with E-state index in [1.165, 1.54) is 6.92 Å². The van der Waals surface area contributed by atoms with Crippen molar-refractivity contribution in [3.05, 3.63) is 35.9 Å². The Morgan fingerprint density at radius 3 is 2.28 bits per heavy atom. The van der Waals surface area contributed by atoms with Crippen molar-refractivity contribution in [1.82, 2.24) is 0 Å². The maximum absolute atomic E-state index is 12.2. The lowest BCUT2D eigenvalue weighted by molar-refractivity contribution is -0.941. The van der Waals surface area contributed by atoms with Gasteiger partial charge in [-0.15, -0.1) is 0 Å². The number of esters is 1. The van der Waals surface area contributed by atoms with Gasteiger partial charge in [0.05, 0.1) is 54.4 Å². The molecule has 1 fully saturated rings. The number of nitrogens with zero attached hydrogens (tertiary/aromatic N) is 2. The predicted molar refractivity (Wildman–Crippen MR) is 102 cm³/mol. The quantitative estimate of drug-likeness (QED) is 0.618. The van der Waals surface area contributed by atoms with Gasteiger partial charge in [-0.05, 0) is 19.4 Å². The standard InChI is InChI=1S/C21H36N2O2/c1-17-14-21(25-18(2)24,19-12-10-9-11-13-19)20(3,15-22(4,5)6)16-23(17,7)8/h9-13,17H,14-16H2,1-8H3/q+2.